The molecule has 4 rings (SSSR count). The van der Waals surface area contributed by atoms with Crippen LogP contribution < -0.4 is 26.6 Å². The summed E-state index contributed by atoms with van der Waals surface area (Å²) >= 11 is 0. The number of hydrogen-bond acceptors (Lipinski definition) is 6. The lowest BCUT2D eigenvalue weighted by molar-refractivity contribution is -0.122. The molecule has 3 heterocycles. The molecule has 1 unspecified atom stereocenters. The second kappa shape index (κ2) is 7.17. The molecule has 0 fully saturated rings. The van der Waals surface area contributed by atoms with Crippen molar-refractivity contribution in [1.82, 2.24) is 18.7 Å². The zero-order valence-electron chi connectivity index (χ0n) is 16.6. The summed E-state index contributed by atoms with van der Waals surface area (Å²) in [4.78, 5) is 52.7. The smallest absolute Gasteiger partial charge is 0.332 e. The number of imidazole rings is 1. The van der Waals surface area contributed by atoms with Crippen LogP contribution in [-0.4, -0.2) is 36.6 Å². The molecule has 1 aliphatic heterocycles. The van der Waals surface area contributed by atoms with Gasteiger partial charge >= 0.3 is 5.69 Å². The Labute approximate surface area is 169 Å². The third kappa shape index (κ3) is 3.23. The third-order valence-electron chi connectivity index (χ3n) is 4.99. The highest BCUT2D eigenvalue weighted by Crippen LogP contribution is 2.32. The largest absolute Gasteiger partial charge is 0.479 e. The maximum Gasteiger partial charge on any atom is 0.332 e. The highest BCUT2D eigenvalue weighted by atomic mass is 16.5. The van der Waals surface area contributed by atoms with Crippen molar-refractivity contribution >= 4 is 34.4 Å². The molecule has 1 aromatic carbocycles. The van der Waals surface area contributed by atoms with Crippen molar-refractivity contribution in [1.29, 1.82) is 0 Å². The molecule has 1 aliphatic rings. The summed E-state index contributed by atoms with van der Waals surface area (Å²) in [6, 6.07) is 4.97. The number of ether oxygens (including phenoxy) is 1. The van der Waals surface area contributed by atoms with Crippen molar-refractivity contribution in [3.8, 4) is 5.75 Å². The molecule has 0 radical (unpaired) electrons. The minimum atomic E-state index is -0.574. The lowest BCUT2D eigenvalue weighted by Crippen LogP contribution is -2.37. The Balaban J connectivity index is 1.49. The number of amides is 2. The van der Waals surface area contributed by atoms with Gasteiger partial charge < -0.3 is 19.9 Å². The highest BCUT2D eigenvalue weighted by Gasteiger charge is 2.23. The number of aryl methyl sites for hydroxylation is 2. The van der Waals surface area contributed by atoms with Gasteiger partial charge in [0.05, 0.1) is 12.0 Å². The quantitative estimate of drug-likeness (QED) is 0.629. The van der Waals surface area contributed by atoms with Crippen LogP contribution in [0.4, 0.5) is 11.4 Å². The lowest BCUT2D eigenvalue weighted by Gasteiger charge is -2.23. The molecule has 3 aromatic rings. The molecule has 1 atom stereocenters. The number of hydrogen-bond donors (Lipinski definition) is 2. The van der Waals surface area contributed by atoms with Crippen LogP contribution in [-0.2, 0) is 30.2 Å². The summed E-state index contributed by atoms with van der Waals surface area (Å²) in [6.45, 7) is 1.86. The van der Waals surface area contributed by atoms with Gasteiger partial charge in [0.15, 0.2) is 17.3 Å². The molecule has 0 spiro atoms. The van der Waals surface area contributed by atoms with Crippen LogP contribution in [0.5, 0.6) is 5.75 Å². The second-order valence-corrected chi connectivity index (χ2v) is 7.07. The van der Waals surface area contributed by atoms with E-state index in [2.05, 4.69) is 15.6 Å². The van der Waals surface area contributed by atoms with Gasteiger partial charge in [-0.15, -0.1) is 0 Å². The molecule has 2 N–H and O–H groups in total. The first-order valence-corrected chi connectivity index (χ1v) is 9.28. The number of nitrogens with zero attached hydrogens (tertiary/aromatic N) is 4. The average Bonchev–Trinajstić information content (AvgIpc) is 3.14. The molecule has 2 aromatic heterocycles. The van der Waals surface area contributed by atoms with E-state index in [0.717, 1.165) is 4.57 Å². The van der Waals surface area contributed by atoms with E-state index in [1.54, 1.807) is 29.7 Å². The van der Waals surface area contributed by atoms with Crippen LogP contribution in [0, 0.1) is 0 Å². The first-order chi connectivity index (χ1) is 14.3. The fraction of sp³-hybridized carbons (Fsp3) is 0.316. The Kier molecular flexibility index (Phi) is 4.65. The summed E-state index contributed by atoms with van der Waals surface area (Å²) in [5.74, 6) is -0.00440. The van der Waals surface area contributed by atoms with Crippen LogP contribution in [0.1, 0.15) is 13.3 Å². The topological polar surface area (TPSA) is 129 Å². The van der Waals surface area contributed by atoms with E-state index in [9.17, 15) is 19.2 Å². The Morgan fingerprint density at radius 1 is 1.23 bits per heavy atom. The molecule has 0 bridgehead atoms. The van der Waals surface area contributed by atoms with Gasteiger partial charge in [0, 0.05) is 32.7 Å². The van der Waals surface area contributed by atoms with Gasteiger partial charge in [-0.2, -0.15) is 0 Å². The predicted octanol–water partition coefficient (Wildman–Crippen LogP) is 0.182. The molecule has 0 saturated carbocycles. The molecule has 156 valence electrons. The van der Waals surface area contributed by atoms with Gasteiger partial charge in [0.25, 0.3) is 11.5 Å². The number of carbonyl (C=O) groups is 2. The van der Waals surface area contributed by atoms with Crippen LogP contribution in [0.2, 0.25) is 0 Å². The van der Waals surface area contributed by atoms with E-state index in [1.807, 2.05) is 0 Å². The van der Waals surface area contributed by atoms with Gasteiger partial charge in [-0.3, -0.25) is 23.5 Å². The van der Waals surface area contributed by atoms with E-state index in [1.165, 1.54) is 25.0 Å². The number of aromatic nitrogens is 4. The second-order valence-electron chi connectivity index (χ2n) is 7.07. The van der Waals surface area contributed by atoms with Crippen molar-refractivity contribution in [3.05, 3.63) is 45.4 Å². The third-order valence-corrected chi connectivity index (χ3v) is 4.99. The van der Waals surface area contributed by atoms with Crippen LogP contribution in [0.25, 0.3) is 11.2 Å². The number of carbonyl (C=O) groups excluding carboxylic acids is 2. The van der Waals surface area contributed by atoms with Crippen LogP contribution in [0.3, 0.4) is 0 Å². The Morgan fingerprint density at radius 3 is 2.77 bits per heavy atom. The van der Waals surface area contributed by atoms with Gasteiger partial charge in [0.1, 0.15) is 5.75 Å². The van der Waals surface area contributed by atoms with E-state index in [0.29, 0.717) is 17.1 Å². The first-order valence-electron chi connectivity index (χ1n) is 9.28. The van der Waals surface area contributed by atoms with Crippen molar-refractivity contribution in [3.63, 3.8) is 0 Å². The Hall–Kier alpha value is -3.89. The number of anilines is 2. The SMILES string of the molecule is CC1Oc2ccc(NC(=O)CCn3cnc4c3c(=O)n(C)c(=O)n4C)cc2NC1=O. The minimum Gasteiger partial charge on any atom is -0.479 e. The van der Waals surface area contributed by atoms with Gasteiger partial charge in [-0.25, -0.2) is 9.78 Å². The number of benzene rings is 1. The Bertz CT molecular complexity index is 1300. The number of fused-ring (bicyclic) bond motifs is 2. The van der Waals surface area contributed by atoms with E-state index >= 15 is 0 Å². The highest BCUT2D eigenvalue weighted by molar-refractivity contribution is 5.99. The van der Waals surface area contributed by atoms with Crippen LogP contribution >= 0.6 is 0 Å². The molecule has 30 heavy (non-hydrogen) atoms. The normalized spacial score (nSPS) is 15.4. The molecular weight excluding hydrogens is 392 g/mol. The molecule has 11 heteroatoms. The standard InChI is InChI=1S/C19H20N6O5/c1-10-17(27)22-12-8-11(4-5-13(12)30-10)21-14(26)6-7-25-9-20-16-15(25)18(28)24(3)19(29)23(16)2/h4-5,8-10H,6-7H2,1-3H3,(H,21,26)(H,22,27). The summed E-state index contributed by atoms with van der Waals surface area (Å²) < 4.78 is 9.34. The minimum absolute atomic E-state index is 0.0778. The lowest BCUT2D eigenvalue weighted by atomic mass is 10.2. The number of rotatable bonds is 4. The zero-order chi connectivity index (χ0) is 21.6. The molecule has 2 amide bonds. The van der Waals surface area contributed by atoms with E-state index < -0.39 is 17.4 Å². The summed E-state index contributed by atoms with van der Waals surface area (Å²) in [7, 11) is 2.93. The first kappa shape index (κ1) is 19.4. The van der Waals surface area contributed by atoms with E-state index in [4.69, 9.17) is 4.74 Å². The monoisotopic (exact) mass is 412 g/mol. The Morgan fingerprint density at radius 2 is 2.00 bits per heavy atom. The van der Waals surface area contributed by atoms with Gasteiger partial charge in [-0.05, 0) is 25.1 Å². The summed E-state index contributed by atoms with van der Waals surface area (Å²) in [6.07, 6.45) is 0.940. The summed E-state index contributed by atoms with van der Waals surface area (Å²) in [5, 5.41) is 5.48. The molecule has 0 saturated heterocycles. The zero-order valence-corrected chi connectivity index (χ0v) is 16.6. The average molecular weight is 412 g/mol. The molecule has 0 aliphatic carbocycles. The van der Waals surface area contributed by atoms with Crippen LogP contribution in [0.15, 0.2) is 34.1 Å². The number of nitrogens with one attached hydrogen (secondary N) is 2. The van der Waals surface area contributed by atoms with E-state index in [-0.39, 0.29) is 35.9 Å². The molecule has 11 nitrogen and oxygen atoms in total. The maximum absolute atomic E-state index is 12.4. The fourth-order valence-corrected chi connectivity index (χ4v) is 3.30. The molecular formula is C19H20N6O5. The van der Waals surface area contributed by atoms with Crippen molar-refractivity contribution in [2.75, 3.05) is 10.6 Å². The van der Waals surface area contributed by atoms with Crippen molar-refractivity contribution in [2.45, 2.75) is 26.0 Å². The van der Waals surface area contributed by atoms with Crippen molar-refractivity contribution < 1.29 is 14.3 Å². The predicted molar refractivity (Wildman–Crippen MR) is 109 cm³/mol. The van der Waals surface area contributed by atoms with Crippen molar-refractivity contribution in [2.24, 2.45) is 14.1 Å². The fourth-order valence-electron chi connectivity index (χ4n) is 3.30. The van der Waals surface area contributed by atoms with Gasteiger partial charge in [-0.1, -0.05) is 0 Å². The van der Waals surface area contributed by atoms with Gasteiger partial charge in [0.2, 0.25) is 5.91 Å². The maximum atomic E-state index is 12.4. The summed E-state index contributed by atoms with van der Waals surface area (Å²) in [5.41, 5.74) is 0.587.